The number of amides is 1. The highest BCUT2D eigenvalue weighted by molar-refractivity contribution is 6.02. The van der Waals surface area contributed by atoms with E-state index in [0.29, 0.717) is 11.3 Å². The highest BCUT2D eigenvalue weighted by Gasteiger charge is 2.44. The van der Waals surface area contributed by atoms with E-state index in [0.717, 1.165) is 0 Å². The lowest BCUT2D eigenvalue weighted by Crippen LogP contribution is -2.43. The first-order chi connectivity index (χ1) is 9.48. The fourth-order valence-electron chi connectivity index (χ4n) is 2.25. The van der Waals surface area contributed by atoms with Gasteiger partial charge < -0.3 is 0 Å². The Bertz CT molecular complexity index is 685. The zero-order valence-electron chi connectivity index (χ0n) is 10.1. The van der Waals surface area contributed by atoms with Crippen LogP contribution in [-0.4, -0.2) is 22.2 Å². The number of carbonyl (C=O) groups excluding carboxylic acids is 1. The average Bonchev–Trinajstić information content (AvgIpc) is 2.51. The van der Waals surface area contributed by atoms with E-state index in [1.54, 1.807) is 6.07 Å². The van der Waals surface area contributed by atoms with Crippen LogP contribution in [0.2, 0.25) is 0 Å². The first-order valence-electron chi connectivity index (χ1n) is 5.76. The van der Waals surface area contributed by atoms with Crippen molar-refractivity contribution in [3.05, 3.63) is 42.4 Å². The first-order valence-corrected chi connectivity index (χ1v) is 5.76. The van der Waals surface area contributed by atoms with E-state index in [2.05, 4.69) is 9.97 Å². The summed E-state index contributed by atoms with van der Waals surface area (Å²) in [7, 11) is 0. The summed E-state index contributed by atoms with van der Waals surface area (Å²) in [5.41, 5.74) is 0.808. The lowest BCUT2D eigenvalue weighted by Gasteiger charge is -2.24. The summed E-state index contributed by atoms with van der Waals surface area (Å²) in [4.78, 5) is 19.6. The van der Waals surface area contributed by atoms with Crippen LogP contribution in [0.4, 0.5) is 18.9 Å². The number of nitrogens with zero attached hydrogens (tertiary/aromatic N) is 3. The number of fused-ring (bicyclic) bond motifs is 3. The fraction of sp³-hybridized carbons (Fsp3) is 0.154. The summed E-state index contributed by atoms with van der Waals surface area (Å²) in [5, 5.41) is 0. The Morgan fingerprint density at radius 1 is 1.20 bits per heavy atom. The lowest BCUT2D eigenvalue weighted by atomic mass is 10.1. The van der Waals surface area contributed by atoms with E-state index in [1.165, 1.54) is 30.7 Å². The molecule has 0 aliphatic carbocycles. The van der Waals surface area contributed by atoms with Crippen molar-refractivity contribution in [2.75, 3.05) is 4.90 Å². The van der Waals surface area contributed by atoms with Crippen LogP contribution in [0, 0.1) is 0 Å². The van der Waals surface area contributed by atoms with Crippen molar-refractivity contribution in [1.29, 1.82) is 0 Å². The van der Waals surface area contributed by atoms with Crippen molar-refractivity contribution < 1.29 is 18.0 Å². The molecule has 2 aromatic rings. The molecule has 102 valence electrons. The third-order valence-electron chi connectivity index (χ3n) is 3.03. The van der Waals surface area contributed by atoms with Crippen LogP contribution < -0.4 is 4.90 Å². The Kier molecular flexibility index (Phi) is 2.70. The first kappa shape index (κ1) is 12.6. The number of hydrogen-bond donors (Lipinski definition) is 0. The topological polar surface area (TPSA) is 46.1 Å². The zero-order chi connectivity index (χ0) is 14.3. The molecule has 0 radical (unpaired) electrons. The third kappa shape index (κ3) is 1.91. The van der Waals surface area contributed by atoms with Crippen molar-refractivity contribution >= 4 is 11.6 Å². The van der Waals surface area contributed by atoms with Crippen molar-refractivity contribution in [1.82, 2.24) is 9.97 Å². The van der Waals surface area contributed by atoms with Gasteiger partial charge in [0.1, 0.15) is 6.33 Å². The molecular weight excluding hydrogens is 271 g/mol. The molecule has 0 unspecified atom stereocenters. The molecule has 1 amide bonds. The average molecular weight is 279 g/mol. The smallest absolute Gasteiger partial charge is 0.274 e. The largest absolute Gasteiger partial charge is 0.491 e. The van der Waals surface area contributed by atoms with Gasteiger partial charge in [-0.2, -0.15) is 0 Å². The maximum absolute atomic E-state index is 13.1. The van der Waals surface area contributed by atoms with Crippen molar-refractivity contribution in [2.45, 2.75) is 12.7 Å². The number of benzene rings is 1. The molecule has 4 nitrogen and oxygen atoms in total. The van der Waals surface area contributed by atoms with Gasteiger partial charge in [0.05, 0.1) is 17.8 Å². The molecule has 0 saturated heterocycles. The predicted octanol–water partition coefficient (Wildman–Crippen LogP) is 2.55. The van der Waals surface area contributed by atoms with Crippen LogP contribution in [0.5, 0.6) is 0 Å². The molecule has 0 bridgehead atoms. The van der Waals surface area contributed by atoms with Crippen molar-refractivity contribution in [2.24, 2.45) is 0 Å². The van der Waals surface area contributed by atoms with Crippen molar-refractivity contribution in [3.63, 3.8) is 0 Å². The van der Waals surface area contributed by atoms with E-state index in [9.17, 15) is 18.0 Å². The molecule has 0 N–H and O–H groups in total. The molecule has 7 heteroatoms. The Hall–Kier alpha value is -2.44. The molecule has 0 fully saturated rings. The predicted molar refractivity (Wildman–Crippen MR) is 64.7 cm³/mol. The van der Waals surface area contributed by atoms with Gasteiger partial charge in [0.2, 0.25) is 5.91 Å². The summed E-state index contributed by atoms with van der Waals surface area (Å²) < 4.78 is 39.4. The molecule has 1 aromatic carbocycles. The molecule has 0 saturated carbocycles. The number of carbonyl (C=O) groups is 1. The van der Waals surface area contributed by atoms with Crippen LogP contribution in [-0.2, 0) is 11.2 Å². The minimum absolute atomic E-state index is 0.135. The van der Waals surface area contributed by atoms with Crippen LogP contribution >= 0.6 is 0 Å². The Balaban J connectivity index is 2.30. The van der Waals surface area contributed by atoms with Gasteiger partial charge in [0, 0.05) is 17.3 Å². The summed E-state index contributed by atoms with van der Waals surface area (Å²) >= 11 is 0. The number of alkyl halides is 3. The maximum Gasteiger partial charge on any atom is 0.491 e. The lowest BCUT2D eigenvalue weighted by molar-refractivity contribution is -0.149. The van der Waals surface area contributed by atoms with Gasteiger partial charge >= 0.3 is 6.30 Å². The maximum atomic E-state index is 13.1. The second-order valence-corrected chi connectivity index (χ2v) is 4.29. The molecule has 0 atom stereocenters. The minimum Gasteiger partial charge on any atom is -0.274 e. The summed E-state index contributed by atoms with van der Waals surface area (Å²) in [6.45, 7) is 0. The van der Waals surface area contributed by atoms with Gasteiger partial charge in [-0.3, -0.25) is 4.79 Å². The van der Waals surface area contributed by atoms with E-state index >= 15 is 0 Å². The summed E-state index contributed by atoms with van der Waals surface area (Å²) in [6.07, 6.45) is -2.53. The van der Waals surface area contributed by atoms with E-state index in [-0.39, 0.29) is 22.6 Å². The SMILES string of the molecule is O=C1Cc2cncnc2-c2ccccc2N1C(F)(F)F. The second-order valence-electron chi connectivity index (χ2n) is 4.29. The van der Waals surface area contributed by atoms with Crippen molar-refractivity contribution in [3.8, 4) is 11.3 Å². The fourth-order valence-corrected chi connectivity index (χ4v) is 2.25. The van der Waals surface area contributed by atoms with Gasteiger partial charge in [-0.05, 0) is 6.07 Å². The third-order valence-corrected chi connectivity index (χ3v) is 3.03. The number of aromatic nitrogens is 2. The quantitative estimate of drug-likeness (QED) is 0.696. The van der Waals surface area contributed by atoms with Gasteiger partial charge in [0.15, 0.2) is 0 Å². The standard InChI is InChI=1S/C13H8F3N3O/c14-13(15,16)19-10-4-2-1-3-9(10)12-8(5-11(19)20)6-17-7-18-12/h1-4,6-7H,5H2. The molecule has 3 rings (SSSR count). The van der Waals surface area contributed by atoms with Gasteiger partial charge in [-0.25, -0.2) is 14.9 Å². The summed E-state index contributed by atoms with van der Waals surface area (Å²) in [6, 6.07) is 5.84. The highest BCUT2D eigenvalue weighted by Crippen LogP contribution is 2.39. The van der Waals surface area contributed by atoms with Gasteiger partial charge in [-0.1, -0.05) is 18.2 Å². The van der Waals surface area contributed by atoms with Gasteiger partial charge in [0.25, 0.3) is 0 Å². The molecule has 1 aromatic heterocycles. The number of para-hydroxylation sites is 1. The molecule has 0 spiro atoms. The Morgan fingerprint density at radius 2 is 1.95 bits per heavy atom. The number of rotatable bonds is 0. The Morgan fingerprint density at radius 3 is 2.70 bits per heavy atom. The number of hydrogen-bond acceptors (Lipinski definition) is 3. The number of halogens is 3. The van der Waals surface area contributed by atoms with E-state index < -0.39 is 12.2 Å². The van der Waals surface area contributed by atoms with E-state index in [4.69, 9.17) is 0 Å². The molecule has 1 aliphatic rings. The molecule has 2 heterocycles. The summed E-state index contributed by atoms with van der Waals surface area (Å²) in [5.74, 6) is -1.04. The van der Waals surface area contributed by atoms with Crippen LogP contribution in [0.15, 0.2) is 36.8 Å². The Labute approximate surface area is 111 Å². The highest BCUT2D eigenvalue weighted by atomic mass is 19.4. The van der Waals surface area contributed by atoms with Gasteiger partial charge in [-0.15, -0.1) is 13.2 Å². The monoisotopic (exact) mass is 279 g/mol. The normalized spacial score (nSPS) is 14.6. The van der Waals surface area contributed by atoms with Crippen LogP contribution in [0.1, 0.15) is 5.56 Å². The zero-order valence-corrected chi connectivity index (χ0v) is 10.1. The number of anilines is 1. The molecular formula is C13H8F3N3O. The van der Waals surface area contributed by atoms with Crippen LogP contribution in [0.3, 0.4) is 0 Å². The molecule has 1 aliphatic heterocycles. The van der Waals surface area contributed by atoms with Crippen LogP contribution in [0.25, 0.3) is 11.3 Å². The molecule has 20 heavy (non-hydrogen) atoms. The van der Waals surface area contributed by atoms with E-state index in [1.807, 2.05) is 0 Å². The second kappa shape index (κ2) is 4.29. The minimum atomic E-state index is -4.78.